The molecule has 10 heteroatoms. The van der Waals surface area contributed by atoms with Crippen molar-refractivity contribution in [2.24, 2.45) is 5.73 Å². The Morgan fingerprint density at radius 3 is 2.16 bits per heavy atom. The Balaban J connectivity index is 1.54. The number of hydrogen-bond donors (Lipinski definition) is 3. The van der Waals surface area contributed by atoms with Crippen LogP contribution in [0.25, 0.3) is 11.3 Å². The molecule has 0 saturated heterocycles. The zero-order valence-electron chi connectivity index (χ0n) is 20.0. The number of benzene rings is 3. The lowest BCUT2D eigenvalue weighted by Crippen LogP contribution is -2.54. The summed E-state index contributed by atoms with van der Waals surface area (Å²) >= 11 is 1.03. The minimum atomic E-state index is -1.33. The van der Waals surface area contributed by atoms with Gasteiger partial charge in [0.25, 0.3) is 5.91 Å². The van der Waals surface area contributed by atoms with Gasteiger partial charge in [-0.3, -0.25) is 14.9 Å². The Morgan fingerprint density at radius 2 is 1.54 bits per heavy atom. The van der Waals surface area contributed by atoms with Crippen LogP contribution in [0.5, 0.6) is 10.8 Å². The Kier molecular flexibility index (Phi) is 7.61. The average molecular weight is 523 g/mol. The molecule has 0 unspecified atom stereocenters. The maximum Gasteiger partial charge on any atom is 0.251 e. The van der Waals surface area contributed by atoms with Gasteiger partial charge in [-0.1, -0.05) is 41.7 Å². The van der Waals surface area contributed by atoms with E-state index in [0.29, 0.717) is 27.6 Å². The molecule has 4 N–H and O–H groups in total. The Morgan fingerprint density at radius 1 is 0.946 bits per heavy atom. The van der Waals surface area contributed by atoms with Crippen molar-refractivity contribution >= 4 is 28.3 Å². The van der Waals surface area contributed by atoms with Crippen molar-refractivity contribution in [1.82, 2.24) is 10.3 Å². The molecule has 0 radical (unpaired) electrons. The fraction of sp³-hybridized carbons (Fsp3) is 0.148. The molecule has 4 rings (SSSR count). The largest absolute Gasteiger partial charge is 0.444 e. The zero-order valence-corrected chi connectivity index (χ0v) is 20.8. The molecule has 1 aromatic heterocycles. The number of carbonyl (C=O) groups excluding carboxylic acids is 2. The molecular formula is C27H24F2N4O3S. The summed E-state index contributed by atoms with van der Waals surface area (Å²) in [5.74, 6) is -1.53. The van der Waals surface area contributed by atoms with Gasteiger partial charge in [0.2, 0.25) is 11.0 Å². The van der Waals surface area contributed by atoms with Gasteiger partial charge in [0.1, 0.15) is 34.7 Å². The highest BCUT2D eigenvalue weighted by atomic mass is 32.1. The van der Waals surface area contributed by atoms with Crippen LogP contribution in [0.4, 0.5) is 13.9 Å². The summed E-state index contributed by atoms with van der Waals surface area (Å²) in [4.78, 5) is 30.3. The Labute approximate surface area is 216 Å². The van der Waals surface area contributed by atoms with Gasteiger partial charge in [0.05, 0.1) is 0 Å². The minimum Gasteiger partial charge on any atom is -0.444 e. The summed E-state index contributed by atoms with van der Waals surface area (Å²) in [6.45, 7) is 3.09. The molecule has 7 nitrogen and oxygen atoms in total. The molecule has 3 aromatic carbocycles. The van der Waals surface area contributed by atoms with Crippen molar-refractivity contribution in [2.45, 2.75) is 25.4 Å². The lowest BCUT2D eigenvalue weighted by molar-refractivity contribution is -0.130. The Hall–Kier alpha value is -4.15. The predicted octanol–water partition coefficient (Wildman–Crippen LogP) is 5.41. The number of nitrogens with zero attached hydrogens (tertiary/aromatic N) is 1. The molecule has 0 fully saturated rings. The molecule has 2 amide bonds. The van der Waals surface area contributed by atoms with E-state index >= 15 is 0 Å². The lowest BCUT2D eigenvalue weighted by Gasteiger charge is -2.26. The first-order valence-electron chi connectivity index (χ1n) is 11.3. The number of nitrogens with two attached hydrogens (primary N) is 1. The fourth-order valence-corrected chi connectivity index (χ4v) is 4.19. The average Bonchev–Trinajstić information content (AvgIpc) is 3.27. The summed E-state index contributed by atoms with van der Waals surface area (Å²) in [7, 11) is 0. The third-order valence-electron chi connectivity index (χ3n) is 5.40. The van der Waals surface area contributed by atoms with E-state index in [0.717, 1.165) is 11.3 Å². The molecule has 190 valence electrons. The topological polar surface area (TPSA) is 106 Å². The first-order chi connectivity index (χ1) is 17.6. The molecular weight excluding hydrogens is 498 g/mol. The second kappa shape index (κ2) is 10.9. The molecule has 0 aliphatic heterocycles. The van der Waals surface area contributed by atoms with E-state index in [1.807, 2.05) is 6.07 Å². The van der Waals surface area contributed by atoms with Crippen molar-refractivity contribution < 1.29 is 23.1 Å². The monoisotopic (exact) mass is 522 g/mol. The van der Waals surface area contributed by atoms with E-state index in [1.54, 1.807) is 38.1 Å². The third kappa shape index (κ3) is 6.35. The van der Waals surface area contributed by atoms with E-state index < -0.39 is 35.0 Å². The molecule has 1 heterocycles. The number of hydrogen-bond acceptors (Lipinski definition) is 6. The normalized spacial score (nSPS) is 12.0. The molecule has 0 saturated carbocycles. The highest BCUT2D eigenvalue weighted by Crippen LogP contribution is 2.40. The summed E-state index contributed by atoms with van der Waals surface area (Å²) in [5, 5.41) is 5.87. The van der Waals surface area contributed by atoms with Crippen molar-refractivity contribution in [2.75, 3.05) is 5.32 Å². The summed E-state index contributed by atoms with van der Waals surface area (Å²) in [6, 6.07) is 18.9. The number of halogens is 2. The van der Waals surface area contributed by atoms with Crippen LogP contribution in [-0.4, -0.2) is 22.3 Å². The molecule has 0 aliphatic carbocycles. The van der Waals surface area contributed by atoms with Crippen LogP contribution in [0.1, 0.15) is 25.5 Å². The quantitative estimate of drug-likeness (QED) is 0.287. The van der Waals surface area contributed by atoms with E-state index in [4.69, 9.17) is 10.5 Å². The van der Waals surface area contributed by atoms with Crippen LogP contribution in [0.15, 0.2) is 78.9 Å². The molecule has 0 aliphatic rings. The van der Waals surface area contributed by atoms with Crippen molar-refractivity contribution in [1.29, 1.82) is 0 Å². The highest BCUT2D eigenvalue weighted by molar-refractivity contribution is 7.18. The maximum atomic E-state index is 13.5. The van der Waals surface area contributed by atoms with Crippen molar-refractivity contribution in [3.05, 3.63) is 96.1 Å². The van der Waals surface area contributed by atoms with Crippen molar-refractivity contribution in [3.8, 4) is 22.1 Å². The third-order valence-corrected chi connectivity index (χ3v) is 6.25. The van der Waals surface area contributed by atoms with Gasteiger partial charge >= 0.3 is 0 Å². The number of thiazole rings is 1. The second-order valence-corrected chi connectivity index (χ2v) is 9.64. The minimum absolute atomic E-state index is 0.191. The number of anilines is 1. The van der Waals surface area contributed by atoms with Crippen LogP contribution in [0, 0.1) is 11.6 Å². The number of ether oxygens (including phenoxy) is 1. The van der Waals surface area contributed by atoms with Gasteiger partial charge in [0.15, 0.2) is 5.13 Å². The molecule has 0 bridgehead atoms. The zero-order chi connectivity index (χ0) is 26.6. The first-order valence-corrected chi connectivity index (χ1v) is 12.1. The Bertz CT molecular complexity index is 1390. The number of amides is 2. The van der Waals surface area contributed by atoms with E-state index in [1.165, 1.54) is 48.5 Å². The van der Waals surface area contributed by atoms with E-state index in [-0.39, 0.29) is 5.13 Å². The molecule has 4 aromatic rings. The van der Waals surface area contributed by atoms with Crippen LogP contribution in [-0.2, 0) is 9.59 Å². The number of rotatable bonds is 8. The van der Waals surface area contributed by atoms with Gasteiger partial charge in [-0.15, -0.1) is 0 Å². The number of carbonyl (C=O) groups is 2. The summed E-state index contributed by atoms with van der Waals surface area (Å²) in [6.07, 6.45) is 0. The lowest BCUT2D eigenvalue weighted by atomic mass is 10.0. The number of aromatic nitrogens is 1. The fourth-order valence-electron chi connectivity index (χ4n) is 3.34. The standard InChI is InChI=1S/C27H24F2N4O3S/c1-27(2,33-23(34)21(30)16-6-4-3-5-7-16)25(35)32-26-31-22(17-8-10-18(28)11-9-17)24(37-26)36-20-14-12-19(29)13-15-20/h3-15,21H,30H2,1-2H3,(H,33,34)(H,31,32,35)/t21-/m1/s1. The van der Waals surface area contributed by atoms with Gasteiger partial charge < -0.3 is 15.8 Å². The van der Waals surface area contributed by atoms with Crippen LogP contribution in [0.3, 0.4) is 0 Å². The van der Waals surface area contributed by atoms with Crippen LogP contribution in [0.2, 0.25) is 0 Å². The maximum absolute atomic E-state index is 13.5. The molecule has 1 atom stereocenters. The van der Waals surface area contributed by atoms with Crippen molar-refractivity contribution in [3.63, 3.8) is 0 Å². The SMILES string of the molecule is CC(C)(NC(=O)[C@H](N)c1ccccc1)C(=O)Nc1nc(-c2ccc(F)cc2)c(Oc2ccc(F)cc2)s1. The van der Waals surface area contributed by atoms with E-state index in [2.05, 4.69) is 15.6 Å². The van der Waals surface area contributed by atoms with Gasteiger partial charge in [-0.25, -0.2) is 13.8 Å². The smallest absolute Gasteiger partial charge is 0.251 e. The number of nitrogens with one attached hydrogen (secondary N) is 2. The molecule has 37 heavy (non-hydrogen) atoms. The first kappa shape index (κ1) is 25.9. The van der Waals surface area contributed by atoms with Gasteiger partial charge in [-0.2, -0.15) is 0 Å². The molecule has 0 spiro atoms. The highest BCUT2D eigenvalue weighted by Gasteiger charge is 2.32. The summed E-state index contributed by atoms with van der Waals surface area (Å²) < 4.78 is 32.7. The predicted molar refractivity (Wildman–Crippen MR) is 138 cm³/mol. The summed E-state index contributed by atoms with van der Waals surface area (Å²) in [5.41, 5.74) is 6.25. The van der Waals surface area contributed by atoms with Crippen LogP contribution >= 0.6 is 11.3 Å². The second-order valence-electron chi connectivity index (χ2n) is 8.67. The van der Waals surface area contributed by atoms with E-state index in [9.17, 15) is 18.4 Å². The van der Waals surface area contributed by atoms with Gasteiger partial charge in [0, 0.05) is 5.56 Å². The van der Waals surface area contributed by atoms with Gasteiger partial charge in [-0.05, 0) is 67.9 Å². The van der Waals surface area contributed by atoms with Crippen LogP contribution < -0.4 is 21.1 Å².